The van der Waals surface area contributed by atoms with Crippen LogP contribution in [0.1, 0.15) is 38.5 Å². The number of carbonyl (C=O) groups is 1. The quantitative estimate of drug-likeness (QED) is 0.807. The standard InChI is InChI=1S/C19H26N2O4S/c22-18(20-12-4-5-13-20)17-8-9-19(25-17)10-14-21(15-11-19)26(23,24)16-6-2-1-3-7-16/h1-3,6-7,17H,4-5,8-15H2/t17-/m1/s1. The van der Waals surface area contributed by atoms with E-state index in [-0.39, 0.29) is 17.6 Å². The van der Waals surface area contributed by atoms with Crippen LogP contribution < -0.4 is 0 Å². The summed E-state index contributed by atoms with van der Waals surface area (Å²) >= 11 is 0. The summed E-state index contributed by atoms with van der Waals surface area (Å²) in [5, 5.41) is 0. The Hall–Kier alpha value is -1.44. The summed E-state index contributed by atoms with van der Waals surface area (Å²) in [5.74, 6) is 0.124. The Labute approximate surface area is 155 Å². The van der Waals surface area contributed by atoms with Crippen LogP contribution in [0.5, 0.6) is 0 Å². The van der Waals surface area contributed by atoms with Crippen molar-refractivity contribution in [3.05, 3.63) is 30.3 Å². The summed E-state index contributed by atoms with van der Waals surface area (Å²) in [5.41, 5.74) is -0.331. The Balaban J connectivity index is 1.38. The predicted molar refractivity (Wildman–Crippen MR) is 97.1 cm³/mol. The van der Waals surface area contributed by atoms with Gasteiger partial charge in [0.05, 0.1) is 10.5 Å². The van der Waals surface area contributed by atoms with Gasteiger partial charge in [0.1, 0.15) is 6.10 Å². The van der Waals surface area contributed by atoms with E-state index in [1.54, 1.807) is 28.6 Å². The fraction of sp³-hybridized carbons (Fsp3) is 0.632. The zero-order valence-corrected chi connectivity index (χ0v) is 15.8. The third-order valence-corrected chi connectivity index (χ3v) is 7.88. The van der Waals surface area contributed by atoms with Gasteiger partial charge >= 0.3 is 0 Å². The van der Waals surface area contributed by atoms with E-state index in [9.17, 15) is 13.2 Å². The van der Waals surface area contributed by atoms with Crippen molar-refractivity contribution in [1.29, 1.82) is 0 Å². The topological polar surface area (TPSA) is 66.9 Å². The van der Waals surface area contributed by atoms with Crippen molar-refractivity contribution >= 4 is 15.9 Å². The molecule has 6 nitrogen and oxygen atoms in total. The molecule has 0 bridgehead atoms. The molecular formula is C19H26N2O4S. The van der Waals surface area contributed by atoms with Crippen molar-refractivity contribution in [3.63, 3.8) is 0 Å². The molecular weight excluding hydrogens is 352 g/mol. The van der Waals surface area contributed by atoms with Crippen LogP contribution in [0.4, 0.5) is 0 Å². The van der Waals surface area contributed by atoms with Crippen LogP contribution in [0.15, 0.2) is 35.2 Å². The third-order valence-electron chi connectivity index (χ3n) is 5.96. The van der Waals surface area contributed by atoms with E-state index in [2.05, 4.69) is 0 Å². The lowest BCUT2D eigenvalue weighted by molar-refractivity contribution is -0.149. The number of hydrogen-bond donors (Lipinski definition) is 0. The predicted octanol–water partition coefficient (Wildman–Crippen LogP) is 2.01. The highest BCUT2D eigenvalue weighted by Gasteiger charge is 2.47. The molecule has 0 saturated carbocycles. The van der Waals surface area contributed by atoms with Gasteiger partial charge in [-0.2, -0.15) is 4.31 Å². The van der Waals surface area contributed by atoms with Crippen LogP contribution in [0.25, 0.3) is 0 Å². The Morgan fingerprint density at radius 1 is 1.00 bits per heavy atom. The number of carbonyl (C=O) groups excluding carboxylic acids is 1. The normalized spacial score (nSPS) is 26.5. The second kappa shape index (κ2) is 6.94. The van der Waals surface area contributed by atoms with E-state index in [1.165, 1.54) is 0 Å². The molecule has 0 radical (unpaired) electrons. The fourth-order valence-electron chi connectivity index (χ4n) is 4.37. The van der Waals surface area contributed by atoms with E-state index in [0.29, 0.717) is 30.8 Å². The molecule has 1 atom stereocenters. The maximum absolute atomic E-state index is 12.8. The van der Waals surface area contributed by atoms with Crippen LogP contribution in [-0.4, -0.2) is 61.4 Å². The lowest BCUT2D eigenvalue weighted by Gasteiger charge is -2.38. The molecule has 3 aliphatic heterocycles. The Morgan fingerprint density at radius 3 is 2.31 bits per heavy atom. The molecule has 0 aromatic heterocycles. The monoisotopic (exact) mass is 378 g/mol. The number of amides is 1. The minimum atomic E-state index is -3.45. The Kier molecular flexibility index (Phi) is 4.79. The number of ether oxygens (including phenoxy) is 1. The van der Waals surface area contributed by atoms with Gasteiger partial charge in [0.15, 0.2) is 0 Å². The molecule has 142 valence electrons. The molecule has 3 saturated heterocycles. The van der Waals surface area contributed by atoms with Crippen LogP contribution in [0.3, 0.4) is 0 Å². The zero-order valence-electron chi connectivity index (χ0n) is 15.0. The van der Waals surface area contributed by atoms with E-state index < -0.39 is 10.0 Å². The number of nitrogens with zero attached hydrogens (tertiary/aromatic N) is 2. The molecule has 3 heterocycles. The molecule has 3 fully saturated rings. The molecule has 1 aromatic rings. The van der Waals surface area contributed by atoms with Gasteiger partial charge in [0.25, 0.3) is 5.91 Å². The summed E-state index contributed by atoms with van der Waals surface area (Å²) in [6.45, 7) is 2.58. The van der Waals surface area contributed by atoms with Crippen LogP contribution in [0.2, 0.25) is 0 Å². The first-order chi connectivity index (χ1) is 12.5. The van der Waals surface area contributed by atoms with Crippen molar-refractivity contribution in [2.24, 2.45) is 0 Å². The van der Waals surface area contributed by atoms with Crippen LogP contribution in [0, 0.1) is 0 Å². The molecule has 26 heavy (non-hydrogen) atoms. The van der Waals surface area contributed by atoms with Crippen molar-refractivity contribution in [2.45, 2.75) is 55.1 Å². The second-order valence-electron chi connectivity index (χ2n) is 7.58. The molecule has 0 unspecified atom stereocenters. The second-order valence-corrected chi connectivity index (χ2v) is 9.52. The fourth-order valence-corrected chi connectivity index (χ4v) is 5.83. The first-order valence-electron chi connectivity index (χ1n) is 9.52. The van der Waals surface area contributed by atoms with Crippen molar-refractivity contribution in [3.8, 4) is 0 Å². The first-order valence-corrected chi connectivity index (χ1v) is 11.0. The average molecular weight is 378 g/mol. The van der Waals surface area contributed by atoms with Gasteiger partial charge in [-0.15, -0.1) is 0 Å². The lowest BCUT2D eigenvalue weighted by Crippen LogP contribution is -2.47. The summed E-state index contributed by atoms with van der Waals surface area (Å²) in [7, 11) is -3.45. The van der Waals surface area contributed by atoms with Gasteiger partial charge in [-0.3, -0.25) is 4.79 Å². The largest absolute Gasteiger partial charge is 0.362 e. The third kappa shape index (κ3) is 3.28. The van der Waals surface area contributed by atoms with Gasteiger partial charge in [0, 0.05) is 26.2 Å². The number of benzene rings is 1. The van der Waals surface area contributed by atoms with Crippen molar-refractivity contribution in [1.82, 2.24) is 9.21 Å². The maximum Gasteiger partial charge on any atom is 0.251 e. The molecule has 7 heteroatoms. The number of hydrogen-bond acceptors (Lipinski definition) is 4. The average Bonchev–Trinajstić information content (AvgIpc) is 3.33. The highest BCUT2D eigenvalue weighted by molar-refractivity contribution is 7.89. The maximum atomic E-state index is 12.8. The zero-order chi connectivity index (χ0) is 18.2. The summed E-state index contributed by atoms with van der Waals surface area (Å²) in [6, 6.07) is 8.57. The van der Waals surface area contributed by atoms with Crippen LogP contribution in [-0.2, 0) is 19.6 Å². The minimum Gasteiger partial charge on any atom is -0.362 e. The number of sulfonamides is 1. The SMILES string of the molecule is O=C([C@H]1CCC2(CCN(S(=O)(=O)c3ccccc3)CC2)O1)N1CCCC1. The molecule has 4 rings (SSSR count). The first kappa shape index (κ1) is 17.9. The number of rotatable bonds is 3. The van der Waals surface area contributed by atoms with Crippen LogP contribution >= 0.6 is 0 Å². The van der Waals surface area contributed by atoms with Gasteiger partial charge in [0.2, 0.25) is 10.0 Å². The molecule has 1 amide bonds. The molecule has 0 aliphatic carbocycles. The highest BCUT2D eigenvalue weighted by atomic mass is 32.2. The van der Waals surface area contributed by atoms with E-state index in [4.69, 9.17) is 4.74 Å². The van der Waals surface area contributed by atoms with Gasteiger partial charge in [-0.25, -0.2) is 8.42 Å². The highest BCUT2D eigenvalue weighted by Crippen LogP contribution is 2.40. The van der Waals surface area contributed by atoms with Crippen molar-refractivity contribution < 1.29 is 17.9 Å². The van der Waals surface area contributed by atoms with E-state index in [1.807, 2.05) is 11.0 Å². The smallest absolute Gasteiger partial charge is 0.251 e. The van der Waals surface area contributed by atoms with Gasteiger partial charge in [-0.05, 0) is 50.7 Å². The molecule has 1 spiro atoms. The summed E-state index contributed by atoms with van der Waals surface area (Å²) in [6.07, 6.45) is 4.72. The van der Waals surface area contributed by atoms with Gasteiger partial charge < -0.3 is 9.64 Å². The number of piperidine rings is 1. The number of likely N-dealkylation sites (tertiary alicyclic amines) is 1. The molecule has 3 aliphatic rings. The summed E-state index contributed by atoms with van der Waals surface area (Å²) in [4.78, 5) is 14.8. The van der Waals surface area contributed by atoms with Crippen molar-refractivity contribution in [2.75, 3.05) is 26.2 Å². The lowest BCUT2D eigenvalue weighted by atomic mass is 9.89. The molecule has 0 N–H and O–H groups in total. The minimum absolute atomic E-state index is 0.124. The molecule has 1 aromatic carbocycles. The Bertz CT molecular complexity index is 751. The van der Waals surface area contributed by atoms with E-state index in [0.717, 1.165) is 38.8 Å². The summed E-state index contributed by atoms with van der Waals surface area (Å²) < 4.78 is 33.3. The van der Waals surface area contributed by atoms with Gasteiger partial charge in [-0.1, -0.05) is 18.2 Å². The Morgan fingerprint density at radius 2 is 1.65 bits per heavy atom. The van der Waals surface area contributed by atoms with E-state index >= 15 is 0 Å².